The summed E-state index contributed by atoms with van der Waals surface area (Å²) < 4.78 is 34.3. The fourth-order valence-electron chi connectivity index (χ4n) is 10.1. The summed E-state index contributed by atoms with van der Waals surface area (Å²) in [5, 5.41) is 0. The molecule has 10 heteroatoms. The van der Waals surface area contributed by atoms with Crippen molar-refractivity contribution in [1.82, 2.24) is 0 Å². The maximum Gasteiger partial charge on any atom is 0.306 e. The van der Waals surface area contributed by atoms with E-state index >= 15 is 0 Å². The number of likely N-dealkylation sites (N-methyl/N-ethyl adjacent to an activating group) is 1. The zero-order valence-electron chi connectivity index (χ0n) is 55.6. The molecule has 84 heavy (non-hydrogen) atoms. The van der Waals surface area contributed by atoms with Crippen LogP contribution in [0.3, 0.4) is 0 Å². The van der Waals surface area contributed by atoms with Crippen molar-refractivity contribution in [1.29, 1.82) is 0 Å². The number of unbranched alkanes of at least 4 members (excludes halogenated alkanes) is 37. The summed E-state index contributed by atoms with van der Waals surface area (Å²) >= 11 is 0. The standard InChI is InChI=1S/C74H134NO8P/c1-6-8-10-12-14-16-18-20-22-24-26-28-29-30-31-32-33-34-35-36-37-38-39-40-41-42-43-44-45-47-49-51-53-55-57-59-61-63-65-67-74(77)83-72(71-82-84(78,79)81-69-68-75(3,4)5)70-80-73(76)66-64-62-60-58-56-54-52-50-48-46-27-25-23-21-19-17-15-13-11-9-7-2/h8,10,14,16,20,22,26,28,30-31,33-34,36-37,72H,6-7,9,11-13,15,17-19,21,23-25,27,29,32,35,38-71H2,1-5H3/b10-8-,16-14-,22-20-,28-26-,31-30-,34-33-,37-36-. The fraction of sp³-hybridized carbons (Fsp3) is 0.784. The number of hydrogen-bond acceptors (Lipinski definition) is 8. The van der Waals surface area contributed by atoms with E-state index in [1.807, 2.05) is 21.1 Å². The van der Waals surface area contributed by atoms with Gasteiger partial charge in [-0.3, -0.25) is 14.2 Å². The lowest BCUT2D eigenvalue weighted by atomic mass is 10.0. The van der Waals surface area contributed by atoms with Crippen LogP contribution in [0.25, 0.3) is 0 Å². The van der Waals surface area contributed by atoms with Crippen LogP contribution in [0.5, 0.6) is 0 Å². The number of phosphoric ester groups is 1. The molecule has 0 aromatic rings. The molecule has 0 radical (unpaired) electrons. The number of phosphoric acid groups is 1. The SMILES string of the molecule is CC/C=C\C/C=C\C/C=C\C/C=C\C/C=C\C/C=C\C/C=C\CCCCCCCCCCCCCCCCCCCC(=O)OC(COC(=O)CCCCCCCCCCCCCCCCCCCCCCC)COP(=O)([O-])OCC[N+](C)(C)C. The van der Waals surface area contributed by atoms with Crippen molar-refractivity contribution in [2.24, 2.45) is 0 Å². The van der Waals surface area contributed by atoms with Crippen LogP contribution in [0, 0.1) is 0 Å². The normalized spacial score (nSPS) is 13.6. The Morgan fingerprint density at radius 3 is 1.01 bits per heavy atom. The molecule has 0 saturated carbocycles. The van der Waals surface area contributed by atoms with Crippen molar-refractivity contribution >= 4 is 19.8 Å². The van der Waals surface area contributed by atoms with Crippen molar-refractivity contribution in [2.75, 3.05) is 47.5 Å². The summed E-state index contributed by atoms with van der Waals surface area (Å²) in [6.45, 7) is 4.17. The molecule has 0 aliphatic carbocycles. The number of quaternary nitrogens is 1. The van der Waals surface area contributed by atoms with Gasteiger partial charge in [0.15, 0.2) is 6.10 Å². The minimum Gasteiger partial charge on any atom is -0.756 e. The Morgan fingerprint density at radius 1 is 0.381 bits per heavy atom. The average molecular weight is 1200 g/mol. The van der Waals surface area contributed by atoms with Crippen molar-refractivity contribution < 1.29 is 42.1 Å². The smallest absolute Gasteiger partial charge is 0.306 e. The van der Waals surface area contributed by atoms with E-state index in [0.29, 0.717) is 17.4 Å². The van der Waals surface area contributed by atoms with Gasteiger partial charge in [-0.15, -0.1) is 0 Å². The van der Waals surface area contributed by atoms with Gasteiger partial charge in [0, 0.05) is 12.8 Å². The van der Waals surface area contributed by atoms with Gasteiger partial charge in [-0.25, -0.2) is 0 Å². The predicted molar refractivity (Wildman–Crippen MR) is 360 cm³/mol. The molecule has 0 N–H and O–H groups in total. The second-order valence-corrected chi connectivity index (χ2v) is 26.3. The van der Waals surface area contributed by atoms with Gasteiger partial charge in [0.2, 0.25) is 0 Å². The van der Waals surface area contributed by atoms with Crippen LogP contribution in [0.4, 0.5) is 0 Å². The van der Waals surface area contributed by atoms with Crippen LogP contribution >= 0.6 is 7.82 Å². The highest BCUT2D eigenvalue weighted by atomic mass is 31.2. The minimum absolute atomic E-state index is 0.0302. The highest BCUT2D eigenvalue weighted by Gasteiger charge is 2.22. The van der Waals surface area contributed by atoms with Crippen LogP contribution in [0.15, 0.2) is 85.1 Å². The lowest BCUT2D eigenvalue weighted by molar-refractivity contribution is -0.870. The third kappa shape index (κ3) is 68.3. The summed E-state index contributed by atoms with van der Waals surface area (Å²) in [4.78, 5) is 38.0. The third-order valence-electron chi connectivity index (χ3n) is 15.4. The average Bonchev–Trinajstić information content (AvgIpc) is 3.61. The first-order valence-corrected chi connectivity index (χ1v) is 36.8. The van der Waals surface area contributed by atoms with E-state index in [1.165, 1.54) is 205 Å². The second kappa shape index (κ2) is 64.7. The van der Waals surface area contributed by atoms with Crippen LogP contribution in [-0.2, 0) is 32.7 Å². The number of rotatable bonds is 65. The molecule has 0 aromatic carbocycles. The summed E-state index contributed by atoms with van der Waals surface area (Å²) in [5.41, 5.74) is 0. The van der Waals surface area contributed by atoms with Gasteiger partial charge >= 0.3 is 11.9 Å². The Morgan fingerprint density at radius 2 is 0.679 bits per heavy atom. The summed E-state index contributed by atoms with van der Waals surface area (Å²) in [6.07, 6.45) is 88.1. The van der Waals surface area contributed by atoms with Gasteiger partial charge < -0.3 is 27.9 Å². The maximum absolute atomic E-state index is 12.9. The summed E-state index contributed by atoms with van der Waals surface area (Å²) in [6, 6.07) is 0. The highest BCUT2D eigenvalue weighted by Crippen LogP contribution is 2.38. The first-order valence-electron chi connectivity index (χ1n) is 35.3. The number of hydrogen-bond donors (Lipinski definition) is 0. The monoisotopic (exact) mass is 1200 g/mol. The quantitative estimate of drug-likeness (QED) is 0.0195. The zero-order chi connectivity index (χ0) is 61.2. The molecule has 0 rings (SSSR count). The summed E-state index contributed by atoms with van der Waals surface area (Å²) in [7, 11) is 1.18. The van der Waals surface area contributed by atoms with Gasteiger partial charge in [0.1, 0.15) is 19.8 Å². The van der Waals surface area contributed by atoms with E-state index in [1.54, 1.807) is 0 Å². The van der Waals surface area contributed by atoms with Gasteiger partial charge in [-0.1, -0.05) is 324 Å². The fourth-order valence-corrected chi connectivity index (χ4v) is 10.8. The molecule has 0 bridgehead atoms. The van der Waals surface area contributed by atoms with E-state index in [9.17, 15) is 19.0 Å². The van der Waals surface area contributed by atoms with E-state index in [0.717, 1.165) is 83.5 Å². The molecule has 0 heterocycles. The van der Waals surface area contributed by atoms with Crippen molar-refractivity contribution in [3.8, 4) is 0 Å². The number of ether oxygens (including phenoxy) is 2. The first kappa shape index (κ1) is 81.2. The molecule has 9 nitrogen and oxygen atoms in total. The minimum atomic E-state index is -4.64. The van der Waals surface area contributed by atoms with E-state index in [-0.39, 0.29) is 32.0 Å². The van der Waals surface area contributed by atoms with Crippen molar-refractivity contribution in [3.05, 3.63) is 85.1 Å². The molecular formula is C74H134NO8P. The van der Waals surface area contributed by atoms with E-state index < -0.39 is 26.5 Å². The van der Waals surface area contributed by atoms with Gasteiger partial charge in [0.25, 0.3) is 7.82 Å². The third-order valence-corrected chi connectivity index (χ3v) is 16.4. The van der Waals surface area contributed by atoms with Crippen LogP contribution in [-0.4, -0.2) is 70.0 Å². The Bertz CT molecular complexity index is 1690. The summed E-state index contributed by atoms with van der Waals surface area (Å²) in [5.74, 6) is -0.818. The lowest BCUT2D eigenvalue weighted by Crippen LogP contribution is -2.37. The van der Waals surface area contributed by atoms with Crippen LogP contribution in [0.1, 0.15) is 322 Å². The molecule has 0 amide bonds. The Hall–Kier alpha value is -2.81. The van der Waals surface area contributed by atoms with Crippen molar-refractivity contribution in [2.45, 2.75) is 328 Å². The number of allylic oxidation sites excluding steroid dienone is 14. The van der Waals surface area contributed by atoms with E-state index in [2.05, 4.69) is 98.9 Å². The molecule has 2 atom stereocenters. The zero-order valence-corrected chi connectivity index (χ0v) is 56.5. The number of nitrogens with zero attached hydrogens (tertiary/aromatic N) is 1. The number of carbonyl (C=O) groups excluding carboxylic acids is 2. The van der Waals surface area contributed by atoms with E-state index in [4.69, 9.17) is 18.5 Å². The maximum atomic E-state index is 12.9. The van der Waals surface area contributed by atoms with Crippen LogP contribution < -0.4 is 4.89 Å². The molecule has 488 valence electrons. The molecule has 0 aliphatic heterocycles. The lowest BCUT2D eigenvalue weighted by Gasteiger charge is -2.28. The van der Waals surface area contributed by atoms with Gasteiger partial charge in [-0.05, 0) is 70.6 Å². The highest BCUT2D eigenvalue weighted by molar-refractivity contribution is 7.45. The second-order valence-electron chi connectivity index (χ2n) is 24.9. The van der Waals surface area contributed by atoms with Gasteiger partial charge in [0.05, 0.1) is 27.7 Å². The topological polar surface area (TPSA) is 111 Å². The Balaban J connectivity index is 3.99. The molecule has 0 spiro atoms. The first-order chi connectivity index (χ1) is 41.0. The Kier molecular flexibility index (Phi) is 62.5. The molecular weight excluding hydrogens is 1060 g/mol. The molecule has 0 fully saturated rings. The predicted octanol–water partition coefficient (Wildman–Crippen LogP) is 22.3. The van der Waals surface area contributed by atoms with Gasteiger partial charge in [-0.2, -0.15) is 0 Å². The molecule has 0 saturated heterocycles. The number of esters is 2. The number of carbonyl (C=O) groups is 2. The Labute approximate surface area is 520 Å². The van der Waals surface area contributed by atoms with Crippen molar-refractivity contribution in [3.63, 3.8) is 0 Å². The molecule has 0 aliphatic rings. The largest absolute Gasteiger partial charge is 0.756 e. The molecule has 2 unspecified atom stereocenters. The van der Waals surface area contributed by atoms with Crippen LogP contribution in [0.2, 0.25) is 0 Å². The molecule has 0 aromatic heterocycles.